The maximum Gasteiger partial charge on any atom is 0.267 e. The molecule has 3 aromatic rings. The van der Waals surface area contributed by atoms with E-state index in [2.05, 4.69) is 7.05 Å². The Hall–Kier alpha value is -1.67. The van der Waals surface area contributed by atoms with E-state index in [0.717, 1.165) is 46.3 Å². The standard InChI is InChI=1S/C19H21N3O2S2/c1-21-9-8-14-15(12-21)26-17-16(14)18(23)22(13-6-4-3-5-7-13)19(20-17)25-11-10-24-2/h3-7H,8-12H2,1-2H3/p+1. The molecule has 0 spiro atoms. The van der Waals surface area contributed by atoms with Crippen LogP contribution < -0.4 is 10.5 Å². The molecule has 1 N–H and O–H groups in total. The van der Waals surface area contributed by atoms with Gasteiger partial charge in [-0.05, 0) is 17.7 Å². The lowest BCUT2D eigenvalue weighted by Gasteiger charge is -2.19. The van der Waals surface area contributed by atoms with Crippen LogP contribution in [0.1, 0.15) is 10.4 Å². The van der Waals surface area contributed by atoms with Crippen molar-refractivity contribution in [1.82, 2.24) is 9.55 Å². The van der Waals surface area contributed by atoms with E-state index in [1.807, 2.05) is 30.3 Å². The van der Waals surface area contributed by atoms with Crippen LogP contribution in [0.2, 0.25) is 0 Å². The summed E-state index contributed by atoms with van der Waals surface area (Å²) in [6, 6.07) is 9.80. The second kappa shape index (κ2) is 7.52. The van der Waals surface area contributed by atoms with Gasteiger partial charge in [0.2, 0.25) is 0 Å². The molecule has 1 unspecified atom stereocenters. The average molecular weight is 389 g/mol. The van der Waals surface area contributed by atoms with Gasteiger partial charge in [-0.3, -0.25) is 9.36 Å². The first kappa shape index (κ1) is 17.7. The first-order valence-corrected chi connectivity index (χ1v) is 10.5. The van der Waals surface area contributed by atoms with Crippen molar-refractivity contribution in [2.45, 2.75) is 18.1 Å². The van der Waals surface area contributed by atoms with Crippen LogP contribution in [0.25, 0.3) is 15.9 Å². The molecule has 7 heteroatoms. The number of nitrogens with one attached hydrogen (secondary N) is 1. The Bertz CT molecular complexity index is 982. The van der Waals surface area contributed by atoms with E-state index in [0.29, 0.717) is 6.61 Å². The van der Waals surface area contributed by atoms with Crippen LogP contribution in [-0.2, 0) is 17.7 Å². The normalized spacial score (nSPS) is 16.8. The van der Waals surface area contributed by atoms with Crippen molar-refractivity contribution in [3.63, 3.8) is 0 Å². The zero-order valence-electron chi connectivity index (χ0n) is 14.9. The third kappa shape index (κ3) is 3.20. The van der Waals surface area contributed by atoms with Crippen LogP contribution in [0, 0.1) is 0 Å². The van der Waals surface area contributed by atoms with Crippen LogP contribution in [0.4, 0.5) is 0 Å². The van der Waals surface area contributed by atoms with Gasteiger partial charge in [0, 0.05) is 19.3 Å². The molecule has 1 aromatic carbocycles. The van der Waals surface area contributed by atoms with Crippen LogP contribution in [-0.4, -0.2) is 42.6 Å². The fraction of sp³-hybridized carbons (Fsp3) is 0.368. The highest BCUT2D eigenvalue weighted by atomic mass is 32.2. The molecule has 4 rings (SSSR count). The van der Waals surface area contributed by atoms with Gasteiger partial charge in [0.1, 0.15) is 11.4 Å². The lowest BCUT2D eigenvalue weighted by molar-refractivity contribution is -0.895. The van der Waals surface area contributed by atoms with E-state index in [1.54, 1.807) is 34.8 Å². The summed E-state index contributed by atoms with van der Waals surface area (Å²) in [5.41, 5.74) is 2.13. The van der Waals surface area contributed by atoms with E-state index in [9.17, 15) is 4.79 Å². The van der Waals surface area contributed by atoms with Gasteiger partial charge in [0.25, 0.3) is 5.56 Å². The molecule has 0 saturated carbocycles. The fourth-order valence-electron chi connectivity index (χ4n) is 3.36. The number of hydrogen-bond donors (Lipinski definition) is 1. The Balaban J connectivity index is 1.92. The molecule has 0 amide bonds. The number of hydrogen-bond acceptors (Lipinski definition) is 5. The summed E-state index contributed by atoms with van der Waals surface area (Å²) in [5, 5.41) is 1.56. The van der Waals surface area contributed by atoms with Crippen molar-refractivity contribution in [2.24, 2.45) is 0 Å². The van der Waals surface area contributed by atoms with Gasteiger partial charge < -0.3 is 9.64 Å². The molecule has 1 aliphatic rings. The third-order valence-corrected chi connectivity index (χ3v) is 6.70. The second-order valence-corrected chi connectivity index (χ2v) is 8.68. The predicted molar refractivity (Wildman–Crippen MR) is 107 cm³/mol. The van der Waals surface area contributed by atoms with Crippen molar-refractivity contribution in [2.75, 3.05) is 33.1 Å². The molecule has 0 saturated heterocycles. The predicted octanol–water partition coefficient (Wildman–Crippen LogP) is 1.76. The maximum absolute atomic E-state index is 13.5. The molecule has 1 atom stereocenters. The quantitative estimate of drug-likeness (QED) is 0.411. The summed E-state index contributed by atoms with van der Waals surface area (Å²) in [6.45, 7) is 2.67. The summed E-state index contributed by atoms with van der Waals surface area (Å²) in [4.78, 5) is 22.0. The van der Waals surface area contributed by atoms with Crippen LogP contribution in [0.15, 0.2) is 40.3 Å². The minimum atomic E-state index is 0.0539. The number of ether oxygens (including phenoxy) is 1. The first-order chi connectivity index (χ1) is 12.7. The summed E-state index contributed by atoms with van der Waals surface area (Å²) in [6.07, 6.45) is 0.947. The monoisotopic (exact) mass is 388 g/mol. The molecule has 0 fully saturated rings. The number of aromatic nitrogens is 2. The number of benzene rings is 1. The number of thiophene rings is 1. The largest absolute Gasteiger partial charge is 0.384 e. The topological polar surface area (TPSA) is 48.6 Å². The van der Waals surface area contributed by atoms with Crippen molar-refractivity contribution >= 4 is 33.3 Å². The Morgan fingerprint density at radius 2 is 2.15 bits per heavy atom. The Morgan fingerprint density at radius 1 is 1.35 bits per heavy atom. The first-order valence-electron chi connectivity index (χ1n) is 8.75. The molecule has 2 aromatic heterocycles. The van der Waals surface area contributed by atoms with E-state index >= 15 is 0 Å². The highest BCUT2D eigenvalue weighted by Crippen LogP contribution is 2.31. The highest BCUT2D eigenvalue weighted by molar-refractivity contribution is 7.99. The number of thioether (sulfide) groups is 1. The van der Waals surface area contributed by atoms with Crippen LogP contribution >= 0.6 is 23.1 Å². The van der Waals surface area contributed by atoms with Gasteiger partial charge in [0.15, 0.2) is 5.16 Å². The van der Waals surface area contributed by atoms with Crippen molar-refractivity contribution in [3.8, 4) is 5.69 Å². The van der Waals surface area contributed by atoms with Gasteiger partial charge in [-0.25, -0.2) is 4.98 Å². The number of fused-ring (bicyclic) bond motifs is 3. The van der Waals surface area contributed by atoms with Gasteiger partial charge in [-0.1, -0.05) is 30.0 Å². The van der Waals surface area contributed by atoms with Gasteiger partial charge >= 0.3 is 0 Å². The molecular formula is C19H22N3O2S2+. The molecule has 3 heterocycles. The average Bonchev–Trinajstić information content (AvgIpc) is 3.00. The van der Waals surface area contributed by atoms with Gasteiger partial charge in [0.05, 0.1) is 36.2 Å². The number of methoxy groups -OCH3 is 1. The number of para-hydroxylation sites is 1. The molecule has 0 bridgehead atoms. The molecular weight excluding hydrogens is 366 g/mol. The number of likely N-dealkylation sites (N-methyl/N-ethyl adjacent to an activating group) is 1. The molecule has 0 radical (unpaired) electrons. The Labute approximate surface area is 160 Å². The third-order valence-electron chi connectivity index (χ3n) is 4.67. The maximum atomic E-state index is 13.5. The summed E-state index contributed by atoms with van der Waals surface area (Å²) in [7, 11) is 3.89. The SMILES string of the molecule is COCCSc1nc2sc3c(c2c(=O)n1-c1ccccc1)CC[NH+](C)C3. The Morgan fingerprint density at radius 3 is 2.92 bits per heavy atom. The van der Waals surface area contributed by atoms with Crippen LogP contribution in [0.3, 0.4) is 0 Å². The van der Waals surface area contributed by atoms with E-state index < -0.39 is 0 Å². The molecule has 26 heavy (non-hydrogen) atoms. The van der Waals surface area contributed by atoms with Crippen molar-refractivity contribution < 1.29 is 9.64 Å². The number of quaternary nitrogens is 1. The molecule has 0 aliphatic carbocycles. The number of rotatable bonds is 5. The smallest absolute Gasteiger partial charge is 0.267 e. The van der Waals surface area contributed by atoms with Gasteiger partial charge in [-0.2, -0.15) is 0 Å². The van der Waals surface area contributed by atoms with Crippen molar-refractivity contribution in [3.05, 3.63) is 51.1 Å². The summed E-state index contributed by atoms with van der Waals surface area (Å²) in [5.74, 6) is 0.763. The van der Waals surface area contributed by atoms with Crippen LogP contribution in [0.5, 0.6) is 0 Å². The number of nitrogens with zero attached hydrogens (tertiary/aromatic N) is 2. The summed E-state index contributed by atoms with van der Waals surface area (Å²) >= 11 is 3.26. The summed E-state index contributed by atoms with van der Waals surface area (Å²) < 4.78 is 6.93. The minimum Gasteiger partial charge on any atom is -0.384 e. The molecule has 136 valence electrons. The van der Waals surface area contributed by atoms with E-state index in [4.69, 9.17) is 9.72 Å². The van der Waals surface area contributed by atoms with E-state index in [1.165, 1.54) is 15.3 Å². The zero-order valence-corrected chi connectivity index (χ0v) is 16.6. The Kier molecular flexibility index (Phi) is 5.13. The lowest BCUT2D eigenvalue weighted by atomic mass is 10.1. The molecule has 1 aliphatic heterocycles. The second-order valence-electron chi connectivity index (χ2n) is 6.53. The fourth-order valence-corrected chi connectivity index (χ4v) is 5.65. The minimum absolute atomic E-state index is 0.0539. The molecule has 5 nitrogen and oxygen atoms in total. The lowest BCUT2D eigenvalue weighted by Crippen LogP contribution is -3.08. The van der Waals surface area contributed by atoms with E-state index in [-0.39, 0.29) is 5.56 Å². The highest BCUT2D eigenvalue weighted by Gasteiger charge is 2.26. The van der Waals surface area contributed by atoms with Gasteiger partial charge in [-0.15, -0.1) is 11.3 Å². The van der Waals surface area contributed by atoms with Crippen molar-refractivity contribution in [1.29, 1.82) is 0 Å². The zero-order chi connectivity index (χ0) is 18.1.